The van der Waals surface area contributed by atoms with E-state index in [0.717, 1.165) is 0 Å². The summed E-state index contributed by atoms with van der Waals surface area (Å²) in [6.45, 7) is 27.4. The van der Waals surface area contributed by atoms with Gasteiger partial charge in [-0.25, -0.2) is 0 Å². The Morgan fingerprint density at radius 1 is 1.07 bits per heavy atom. The minimum atomic E-state index is -0.212. The van der Waals surface area contributed by atoms with Crippen LogP contribution < -0.4 is 0 Å². The summed E-state index contributed by atoms with van der Waals surface area (Å²) in [7, 11) is -0.212. The highest BCUT2D eigenvalue weighted by Gasteiger charge is 2.65. The van der Waals surface area contributed by atoms with Gasteiger partial charge < -0.3 is 4.90 Å². The molecule has 168 valence electrons. The van der Waals surface area contributed by atoms with Crippen LogP contribution in [0.1, 0.15) is 95.4 Å². The third kappa shape index (κ3) is 2.63. The molecule has 0 radical (unpaired) electrons. The smallest absolute Gasteiger partial charge is 0.0546 e. The molecule has 0 spiro atoms. The maximum absolute atomic E-state index is 2.96. The minimum Gasteiger partial charge on any atom is -0.341 e. The molecule has 1 aliphatic carbocycles. The van der Waals surface area contributed by atoms with Gasteiger partial charge in [-0.2, -0.15) is 0 Å². The summed E-state index contributed by atoms with van der Waals surface area (Å²) >= 11 is 0. The molecule has 0 aromatic rings. The van der Waals surface area contributed by atoms with Gasteiger partial charge in [0.1, 0.15) is 0 Å². The van der Waals surface area contributed by atoms with Crippen LogP contribution in [0.2, 0.25) is 0 Å². The van der Waals surface area contributed by atoms with Crippen molar-refractivity contribution < 1.29 is 0 Å². The Morgan fingerprint density at radius 3 is 2.13 bits per heavy atom. The first kappa shape index (κ1) is 22.6. The maximum atomic E-state index is 2.96. The van der Waals surface area contributed by atoms with Gasteiger partial charge >= 0.3 is 0 Å². The molecule has 1 fully saturated rings. The van der Waals surface area contributed by atoms with Crippen LogP contribution in [0.15, 0.2) is 34.4 Å². The SMILES string of the molecule is CCC1(CC)CC(C)(C)N2C1=C(C(C)(C)C)[P@]1C[C@@H]3C=C[C@@]1(C(C)C)C2=C3C(C)C. The van der Waals surface area contributed by atoms with E-state index >= 15 is 0 Å². The van der Waals surface area contributed by atoms with Crippen molar-refractivity contribution in [3.05, 3.63) is 34.4 Å². The Hall–Kier alpha value is -0.550. The molecule has 5 aliphatic rings. The third-order valence-electron chi connectivity index (χ3n) is 8.85. The lowest BCUT2D eigenvalue weighted by molar-refractivity contribution is 0.213. The normalized spacial score (nSPS) is 34.0. The zero-order valence-electron chi connectivity index (χ0n) is 21.6. The molecule has 0 amide bonds. The molecule has 0 aromatic carbocycles. The van der Waals surface area contributed by atoms with E-state index in [1.165, 1.54) is 25.4 Å². The van der Waals surface area contributed by atoms with Crippen LogP contribution in [0.25, 0.3) is 0 Å². The molecule has 1 saturated heterocycles. The fraction of sp³-hybridized carbons (Fsp3) is 0.786. The molecule has 5 rings (SSSR count). The summed E-state index contributed by atoms with van der Waals surface area (Å²) in [5.41, 5.74) is 6.04. The molecular formula is C28H46NP. The first-order chi connectivity index (χ1) is 13.8. The highest BCUT2D eigenvalue weighted by atomic mass is 31.1. The van der Waals surface area contributed by atoms with E-state index < -0.39 is 0 Å². The van der Waals surface area contributed by atoms with Crippen molar-refractivity contribution in [3.8, 4) is 0 Å². The summed E-state index contributed by atoms with van der Waals surface area (Å²) in [4.78, 5) is 2.96. The van der Waals surface area contributed by atoms with Gasteiger partial charge in [0.15, 0.2) is 0 Å². The predicted molar refractivity (Wildman–Crippen MR) is 134 cm³/mol. The Labute approximate surface area is 188 Å². The van der Waals surface area contributed by atoms with Gasteiger partial charge in [-0.05, 0) is 67.4 Å². The largest absolute Gasteiger partial charge is 0.341 e. The van der Waals surface area contributed by atoms with E-state index in [2.05, 4.69) is 93.2 Å². The van der Waals surface area contributed by atoms with E-state index in [-0.39, 0.29) is 24.0 Å². The fourth-order valence-corrected chi connectivity index (χ4v) is 12.0. The van der Waals surface area contributed by atoms with Gasteiger partial charge in [-0.3, -0.25) is 0 Å². The molecule has 0 aromatic heterocycles. The van der Waals surface area contributed by atoms with E-state index in [0.29, 0.717) is 23.2 Å². The van der Waals surface area contributed by atoms with Crippen molar-refractivity contribution in [2.75, 3.05) is 6.16 Å². The first-order valence-corrected chi connectivity index (χ1v) is 14.1. The molecule has 0 saturated carbocycles. The number of fused-ring (bicyclic) bond motifs is 1. The zero-order chi connectivity index (χ0) is 22.4. The van der Waals surface area contributed by atoms with E-state index in [9.17, 15) is 0 Å². The van der Waals surface area contributed by atoms with Crippen LogP contribution in [0.5, 0.6) is 0 Å². The summed E-state index contributed by atoms with van der Waals surface area (Å²) in [5, 5.41) is 2.09. The lowest BCUT2D eigenvalue weighted by atomic mass is 9.73. The first-order valence-electron chi connectivity index (χ1n) is 12.6. The summed E-state index contributed by atoms with van der Waals surface area (Å²) in [6.07, 6.45) is 10.5. The lowest BCUT2D eigenvalue weighted by Gasteiger charge is -2.64. The summed E-state index contributed by atoms with van der Waals surface area (Å²) in [5.74, 6) is 1.91. The van der Waals surface area contributed by atoms with E-state index in [1.54, 1.807) is 17.0 Å². The minimum absolute atomic E-state index is 0.182. The molecule has 1 nitrogen and oxygen atoms in total. The quantitative estimate of drug-likeness (QED) is 0.321. The number of hydrogen-bond donors (Lipinski definition) is 0. The summed E-state index contributed by atoms with van der Waals surface area (Å²) < 4.78 is 0. The van der Waals surface area contributed by atoms with Crippen LogP contribution in [0, 0.1) is 28.6 Å². The predicted octanol–water partition coefficient (Wildman–Crippen LogP) is 8.53. The van der Waals surface area contributed by atoms with Gasteiger partial charge in [0, 0.05) is 28.3 Å². The van der Waals surface area contributed by atoms with Crippen LogP contribution in [-0.4, -0.2) is 21.8 Å². The van der Waals surface area contributed by atoms with Crippen molar-refractivity contribution in [2.45, 2.75) is 106 Å². The Bertz CT molecular complexity index is 827. The van der Waals surface area contributed by atoms with Gasteiger partial charge in [0.05, 0.1) is 5.16 Å². The molecule has 3 atom stereocenters. The molecular weight excluding hydrogens is 381 g/mol. The van der Waals surface area contributed by atoms with Gasteiger partial charge in [-0.1, -0.05) is 82.4 Å². The average Bonchev–Trinajstić information content (AvgIpc) is 2.87. The fourth-order valence-electron chi connectivity index (χ4n) is 7.67. The van der Waals surface area contributed by atoms with Crippen LogP contribution in [0.3, 0.4) is 0 Å². The van der Waals surface area contributed by atoms with Crippen molar-refractivity contribution >= 4 is 7.92 Å². The van der Waals surface area contributed by atoms with Crippen molar-refractivity contribution in [1.82, 2.24) is 4.90 Å². The Kier molecular flexibility index (Phi) is 5.08. The van der Waals surface area contributed by atoms with Gasteiger partial charge in [-0.15, -0.1) is 0 Å². The van der Waals surface area contributed by atoms with E-state index in [1.807, 2.05) is 5.31 Å². The standard InChI is InChI=1S/C28H46NP/c1-12-27(13-2)17-26(10,11)29-22-21(18(3)4)20-14-15-28(22,19(5)6)30(16-20)24(23(27)29)25(7,8)9/h14-15,18-20H,12-13,16-17H2,1-11H3/t20-,28+,30-/m0/s1. The van der Waals surface area contributed by atoms with Crippen molar-refractivity contribution in [1.29, 1.82) is 0 Å². The lowest BCUT2D eigenvalue weighted by Crippen LogP contribution is -2.56. The van der Waals surface area contributed by atoms with Crippen molar-refractivity contribution in [2.24, 2.45) is 28.6 Å². The second-order valence-corrected chi connectivity index (χ2v) is 15.2. The van der Waals surface area contributed by atoms with Crippen LogP contribution in [-0.2, 0) is 0 Å². The number of rotatable bonds is 4. The third-order valence-corrected chi connectivity index (χ3v) is 12.8. The Balaban J connectivity index is 2.18. The molecule has 4 aliphatic heterocycles. The zero-order valence-corrected chi connectivity index (χ0v) is 22.5. The molecule has 2 heteroatoms. The highest BCUT2D eigenvalue weighted by Crippen LogP contribution is 2.80. The molecule has 4 heterocycles. The van der Waals surface area contributed by atoms with Gasteiger partial charge in [0.25, 0.3) is 0 Å². The second-order valence-electron chi connectivity index (χ2n) is 12.8. The average molecular weight is 428 g/mol. The molecule has 0 unspecified atom stereocenters. The molecule has 30 heavy (non-hydrogen) atoms. The van der Waals surface area contributed by atoms with E-state index in [4.69, 9.17) is 0 Å². The van der Waals surface area contributed by atoms with Crippen molar-refractivity contribution in [3.63, 3.8) is 0 Å². The topological polar surface area (TPSA) is 3.24 Å². The number of nitrogens with zero attached hydrogens (tertiary/aromatic N) is 1. The van der Waals surface area contributed by atoms with Crippen LogP contribution in [0.4, 0.5) is 0 Å². The monoisotopic (exact) mass is 427 g/mol. The van der Waals surface area contributed by atoms with Gasteiger partial charge in [0.2, 0.25) is 0 Å². The maximum Gasteiger partial charge on any atom is 0.0546 e. The number of hydrogen-bond acceptors (Lipinski definition) is 1. The summed E-state index contributed by atoms with van der Waals surface area (Å²) in [6, 6.07) is 0. The molecule has 4 bridgehead atoms. The number of allylic oxidation sites excluding steroid dienone is 5. The molecule has 0 N–H and O–H groups in total. The second kappa shape index (κ2) is 6.73. The Morgan fingerprint density at radius 2 is 1.67 bits per heavy atom. The van der Waals surface area contributed by atoms with Crippen LogP contribution >= 0.6 is 7.92 Å². The highest BCUT2D eigenvalue weighted by molar-refractivity contribution is 7.64.